The molecule has 0 spiro atoms. The van der Waals surface area contributed by atoms with Gasteiger partial charge in [0.05, 0.1) is 6.04 Å². The summed E-state index contributed by atoms with van der Waals surface area (Å²) in [4.78, 5) is 25.9. The van der Waals surface area contributed by atoms with Crippen molar-refractivity contribution in [1.82, 2.24) is 10.2 Å². The monoisotopic (exact) mass is 316 g/mol. The Morgan fingerprint density at radius 2 is 1.74 bits per heavy atom. The molecule has 0 fully saturated rings. The average Bonchev–Trinajstić information content (AvgIpc) is 2.59. The standard InChI is InChI=1S/C19H28N2O2/c1-4-17(20-18(22)19(23)21(5-2)6-3)16-12-11-14-9-7-8-10-15(14)13-16/h11-13,17H,4-10H2,1-3H3,(H,20,22). The molecule has 0 aromatic heterocycles. The molecule has 126 valence electrons. The summed E-state index contributed by atoms with van der Waals surface area (Å²) in [5.41, 5.74) is 3.94. The molecule has 4 nitrogen and oxygen atoms in total. The fraction of sp³-hybridized carbons (Fsp3) is 0.579. The van der Waals surface area contributed by atoms with Crippen molar-refractivity contribution in [3.63, 3.8) is 0 Å². The number of likely N-dealkylation sites (N-methyl/N-ethyl adjacent to an activating group) is 1. The van der Waals surface area contributed by atoms with E-state index >= 15 is 0 Å². The molecular formula is C19H28N2O2. The smallest absolute Gasteiger partial charge is 0.311 e. The third-order valence-corrected chi connectivity index (χ3v) is 4.73. The van der Waals surface area contributed by atoms with E-state index in [0.29, 0.717) is 13.1 Å². The van der Waals surface area contributed by atoms with Gasteiger partial charge in [-0.3, -0.25) is 9.59 Å². The van der Waals surface area contributed by atoms with Crippen LogP contribution in [0.1, 0.15) is 62.8 Å². The largest absolute Gasteiger partial charge is 0.341 e. The minimum Gasteiger partial charge on any atom is -0.341 e. The fourth-order valence-electron chi connectivity index (χ4n) is 3.27. The van der Waals surface area contributed by atoms with E-state index < -0.39 is 11.8 Å². The summed E-state index contributed by atoms with van der Waals surface area (Å²) in [6, 6.07) is 6.39. The molecule has 0 bridgehead atoms. The fourth-order valence-corrected chi connectivity index (χ4v) is 3.27. The van der Waals surface area contributed by atoms with Gasteiger partial charge in [0.15, 0.2) is 0 Å². The molecule has 0 radical (unpaired) electrons. The van der Waals surface area contributed by atoms with Crippen LogP contribution in [0.25, 0.3) is 0 Å². The number of carbonyl (C=O) groups excluding carboxylic acids is 2. The van der Waals surface area contributed by atoms with E-state index in [1.165, 1.54) is 24.0 Å². The lowest BCUT2D eigenvalue weighted by atomic mass is 9.89. The minimum atomic E-state index is -0.502. The summed E-state index contributed by atoms with van der Waals surface area (Å²) in [6.45, 7) is 6.91. The van der Waals surface area contributed by atoms with Gasteiger partial charge in [-0.1, -0.05) is 25.1 Å². The van der Waals surface area contributed by atoms with Crippen molar-refractivity contribution in [2.75, 3.05) is 13.1 Å². The number of carbonyl (C=O) groups is 2. The lowest BCUT2D eigenvalue weighted by molar-refractivity contribution is -0.146. The lowest BCUT2D eigenvalue weighted by Gasteiger charge is -2.23. The zero-order valence-corrected chi connectivity index (χ0v) is 14.5. The summed E-state index contributed by atoms with van der Waals surface area (Å²) < 4.78 is 0. The van der Waals surface area contributed by atoms with Crippen molar-refractivity contribution >= 4 is 11.8 Å². The van der Waals surface area contributed by atoms with E-state index in [9.17, 15) is 9.59 Å². The lowest BCUT2D eigenvalue weighted by Crippen LogP contribution is -2.44. The zero-order chi connectivity index (χ0) is 16.8. The molecule has 1 aromatic carbocycles. The summed E-state index contributed by atoms with van der Waals surface area (Å²) in [7, 11) is 0. The molecule has 2 rings (SSSR count). The Bertz CT molecular complexity index is 564. The highest BCUT2D eigenvalue weighted by Gasteiger charge is 2.23. The summed E-state index contributed by atoms with van der Waals surface area (Å²) in [5, 5.41) is 2.91. The number of hydrogen-bond acceptors (Lipinski definition) is 2. The van der Waals surface area contributed by atoms with Gasteiger partial charge in [-0.05, 0) is 62.6 Å². The highest BCUT2D eigenvalue weighted by atomic mass is 16.2. The van der Waals surface area contributed by atoms with Crippen LogP contribution >= 0.6 is 0 Å². The van der Waals surface area contributed by atoms with E-state index in [1.54, 1.807) is 4.90 Å². The number of rotatable bonds is 5. The zero-order valence-electron chi connectivity index (χ0n) is 14.5. The highest BCUT2D eigenvalue weighted by Crippen LogP contribution is 2.26. The molecule has 0 aliphatic heterocycles. The van der Waals surface area contributed by atoms with Crippen LogP contribution < -0.4 is 5.32 Å². The maximum atomic E-state index is 12.2. The normalized spacial score (nSPS) is 14.7. The molecule has 0 saturated heterocycles. The first-order valence-corrected chi connectivity index (χ1v) is 8.82. The van der Waals surface area contributed by atoms with Gasteiger partial charge in [0.2, 0.25) is 0 Å². The second-order valence-electron chi connectivity index (χ2n) is 6.15. The quantitative estimate of drug-likeness (QED) is 0.849. The van der Waals surface area contributed by atoms with Gasteiger partial charge in [0.25, 0.3) is 0 Å². The van der Waals surface area contributed by atoms with Gasteiger partial charge in [-0.15, -0.1) is 0 Å². The van der Waals surface area contributed by atoms with Crippen LogP contribution in [0.5, 0.6) is 0 Å². The molecule has 1 atom stereocenters. The Labute approximate surface area is 139 Å². The van der Waals surface area contributed by atoms with E-state index in [-0.39, 0.29) is 6.04 Å². The van der Waals surface area contributed by atoms with Crippen LogP contribution in [-0.4, -0.2) is 29.8 Å². The third kappa shape index (κ3) is 4.12. The number of nitrogens with one attached hydrogen (secondary N) is 1. The average molecular weight is 316 g/mol. The Hall–Kier alpha value is -1.84. The molecule has 1 N–H and O–H groups in total. The summed E-state index contributed by atoms with van der Waals surface area (Å²) in [6.07, 6.45) is 5.54. The summed E-state index contributed by atoms with van der Waals surface area (Å²) in [5.74, 6) is -0.940. The number of aryl methyl sites for hydroxylation is 2. The molecule has 0 saturated carbocycles. The molecule has 23 heavy (non-hydrogen) atoms. The van der Waals surface area contributed by atoms with Gasteiger partial charge in [0.1, 0.15) is 0 Å². The third-order valence-electron chi connectivity index (χ3n) is 4.73. The number of benzene rings is 1. The molecule has 2 amide bonds. The minimum absolute atomic E-state index is 0.103. The van der Waals surface area contributed by atoms with Crippen molar-refractivity contribution in [2.45, 2.75) is 58.9 Å². The molecule has 1 aliphatic rings. The van der Waals surface area contributed by atoms with Crippen molar-refractivity contribution in [3.05, 3.63) is 34.9 Å². The number of fused-ring (bicyclic) bond motifs is 1. The van der Waals surface area contributed by atoms with Gasteiger partial charge in [-0.2, -0.15) is 0 Å². The molecule has 0 heterocycles. The van der Waals surface area contributed by atoms with Crippen LogP contribution in [0.2, 0.25) is 0 Å². The van der Waals surface area contributed by atoms with Crippen molar-refractivity contribution in [2.24, 2.45) is 0 Å². The molecular weight excluding hydrogens is 288 g/mol. The second kappa shape index (κ2) is 8.14. The van der Waals surface area contributed by atoms with Crippen LogP contribution in [0.15, 0.2) is 18.2 Å². The Balaban J connectivity index is 2.10. The van der Waals surface area contributed by atoms with Crippen LogP contribution in [0, 0.1) is 0 Å². The van der Waals surface area contributed by atoms with Crippen molar-refractivity contribution < 1.29 is 9.59 Å². The van der Waals surface area contributed by atoms with Crippen LogP contribution in [0.3, 0.4) is 0 Å². The maximum absolute atomic E-state index is 12.2. The van der Waals surface area contributed by atoms with Crippen LogP contribution in [-0.2, 0) is 22.4 Å². The Morgan fingerprint density at radius 1 is 1.09 bits per heavy atom. The molecule has 1 unspecified atom stereocenters. The van der Waals surface area contributed by atoms with Crippen molar-refractivity contribution in [3.8, 4) is 0 Å². The molecule has 4 heteroatoms. The Morgan fingerprint density at radius 3 is 2.35 bits per heavy atom. The van der Waals surface area contributed by atoms with E-state index in [2.05, 4.69) is 23.5 Å². The molecule has 1 aromatic rings. The first-order chi connectivity index (χ1) is 11.1. The predicted octanol–water partition coefficient (Wildman–Crippen LogP) is 3.00. The van der Waals surface area contributed by atoms with Gasteiger partial charge in [0, 0.05) is 13.1 Å². The number of nitrogens with zero attached hydrogens (tertiary/aromatic N) is 1. The SMILES string of the molecule is CCC(NC(=O)C(=O)N(CC)CC)c1ccc2c(c1)CCCC2. The number of hydrogen-bond donors (Lipinski definition) is 1. The highest BCUT2D eigenvalue weighted by molar-refractivity contribution is 6.35. The number of amides is 2. The Kier molecular flexibility index (Phi) is 6.20. The molecule has 1 aliphatic carbocycles. The van der Waals surface area contributed by atoms with Gasteiger partial charge in [-0.25, -0.2) is 0 Å². The van der Waals surface area contributed by atoms with Gasteiger partial charge >= 0.3 is 11.8 Å². The summed E-state index contributed by atoms with van der Waals surface area (Å²) >= 11 is 0. The topological polar surface area (TPSA) is 49.4 Å². The van der Waals surface area contributed by atoms with E-state index in [0.717, 1.165) is 24.8 Å². The predicted molar refractivity (Wildman–Crippen MR) is 92.2 cm³/mol. The van der Waals surface area contributed by atoms with E-state index in [4.69, 9.17) is 0 Å². The first kappa shape index (κ1) is 17.5. The van der Waals surface area contributed by atoms with E-state index in [1.807, 2.05) is 20.8 Å². The maximum Gasteiger partial charge on any atom is 0.311 e. The van der Waals surface area contributed by atoms with Crippen LogP contribution in [0.4, 0.5) is 0 Å². The first-order valence-electron chi connectivity index (χ1n) is 8.82. The van der Waals surface area contributed by atoms with Crippen molar-refractivity contribution in [1.29, 1.82) is 0 Å². The van der Waals surface area contributed by atoms with Gasteiger partial charge < -0.3 is 10.2 Å². The second-order valence-corrected chi connectivity index (χ2v) is 6.15.